The van der Waals surface area contributed by atoms with Crippen molar-refractivity contribution in [2.75, 3.05) is 20.3 Å². The van der Waals surface area contributed by atoms with E-state index in [0.717, 1.165) is 28.4 Å². The second-order valence-corrected chi connectivity index (χ2v) is 7.58. The summed E-state index contributed by atoms with van der Waals surface area (Å²) in [5, 5.41) is 7.42. The van der Waals surface area contributed by atoms with Gasteiger partial charge in [0.15, 0.2) is 5.96 Å². The van der Waals surface area contributed by atoms with Crippen molar-refractivity contribution >= 4 is 23.3 Å². The Balaban J connectivity index is 2.12. The first-order valence-electron chi connectivity index (χ1n) is 9.72. The molecule has 0 saturated heterocycles. The molecule has 8 heteroatoms. The number of guanidine groups is 1. The number of carbonyl (C=O) groups is 1. The number of ether oxygens (including phenoxy) is 2. The standard InChI is InChI=1S/C21H30N4O3S/c1-7-22-21(23-12-16-10-9-13(3)17(11-16)27-6)25-15(5)19-24-14(4)18(29-19)20(26)28-8-2/h9-11,15H,7-8,12H2,1-6H3,(H2,22,23,25). The quantitative estimate of drug-likeness (QED) is 0.386. The van der Waals surface area contributed by atoms with Crippen LogP contribution in [0.2, 0.25) is 0 Å². The minimum Gasteiger partial charge on any atom is -0.496 e. The summed E-state index contributed by atoms with van der Waals surface area (Å²) >= 11 is 1.35. The molecule has 158 valence electrons. The molecular weight excluding hydrogens is 388 g/mol. The highest BCUT2D eigenvalue weighted by molar-refractivity contribution is 7.13. The maximum Gasteiger partial charge on any atom is 0.350 e. The lowest BCUT2D eigenvalue weighted by Gasteiger charge is -2.16. The van der Waals surface area contributed by atoms with E-state index in [0.29, 0.717) is 29.7 Å². The number of nitrogens with zero attached hydrogens (tertiary/aromatic N) is 2. The number of aryl methyl sites for hydroxylation is 2. The van der Waals surface area contributed by atoms with E-state index < -0.39 is 0 Å². The molecular formula is C21H30N4O3S. The normalized spacial score (nSPS) is 12.4. The van der Waals surface area contributed by atoms with Crippen LogP contribution in [0, 0.1) is 13.8 Å². The first-order valence-corrected chi connectivity index (χ1v) is 10.5. The van der Waals surface area contributed by atoms with Crippen molar-refractivity contribution in [3.63, 3.8) is 0 Å². The lowest BCUT2D eigenvalue weighted by Crippen LogP contribution is -2.38. The highest BCUT2D eigenvalue weighted by Crippen LogP contribution is 2.24. The van der Waals surface area contributed by atoms with Gasteiger partial charge in [-0.3, -0.25) is 0 Å². The Hall–Kier alpha value is -2.61. The van der Waals surface area contributed by atoms with Crippen LogP contribution in [0.15, 0.2) is 23.2 Å². The van der Waals surface area contributed by atoms with Gasteiger partial charge in [-0.1, -0.05) is 12.1 Å². The number of carbonyl (C=O) groups excluding carboxylic acids is 1. The molecule has 2 rings (SSSR count). The zero-order valence-electron chi connectivity index (χ0n) is 18.0. The van der Waals surface area contributed by atoms with E-state index in [-0.39, 0.29) is 12.0 Å². The van der Waals surface area contributed by atoms with Crippen LogP contribution >= 0.6 is 11.3 Å². The molecule has 2 aromatic rings. The van der Waals surface area contributed by atoms with Crippen LogP contribution in [0.3, 0.4) is 0 Å². The SMILES string of the molecule is CCNC(=NCc1ccc(C)c(OC)c1)NC(C)c1nc(C)c(C(=O)OCC)s1. The average molecular weight is 419 g/mol. The smallest absolute Gasteiger partial charge is 0.350 e. The van der Waals surface area contributed by atoms with Crippen molar-refractivity contribution in [1.29, 1.82) is 0 Å². The molecule has 1 heterocycles. The third-order valence-electron chi connectivity index (χ3n) is 4.23. The number of aliphatic imine (C=N–C) groups is 1. The fourth-order valence-electron chi connectivity index (χ4n) is 2.71. The Labute approximate surface area is 176 Å². The van der Waals surface area contributed by atoms with E-state index in [9.17, 15) is 4.79 Å². The van der Waals surface area contributed by atoms with E-state index in [4.69, 9.17) is 9.47 Å². The number of rotatable bonds is 8. The highest BCUT2D eigenvalue weighted by Gasteiger charge is 2.20. The molecule has 2 N–H and O–H groups in total. The van der Waals surface area contributed by atoms with Gasteiger partial charge in [0.1, 0.15) is 15.6 Å². The molecule has 1 aromatic carbocycles. The minimum atomic E-state index is -0.324. The Kier molecular flexibility index (Phi) is 8.45. The van der Waals surface area contributed by atoms with Crippen LogP contribution < -0.4 is 15.4 Å². The zero-order valence-corrected chi connectivity index (χ0v) is 18.8. The molecule has 1 unspecified atom stereocenters. The van der Waals surface area contributed by atoms with Crippen LogP contribution in [-0.4, -0.2) is 37.2 Å². The highest BCUT2D eigenvalue weighted by atomic mass is 32.1. The Morgan fingerprint density at radius 3 is 2.72 bits per heavy atom. The van der Waals surface area contributed by atoms with Gasteiger partial charge in [0.2, 0.25) is 0 Å². The molecule has 7 nitrogen and oxygen atoms in total. The molecule has 0 radical (unpaired) electrons. The molecule has 0 aliphatic rings. The summed E-state index contributed by atoms with van der Waals surface area (Å²) in [5.74, 6) is 1.22. The molecule has 0 fully saturated rings. The Bertz CT molecular complexity index is 864. The van der Waals surface area contributed by atoms with E-state index in [2.05, 4.69) is 20.6 Å². The van der Waals surface area contributed by atoms with Crippen molar-refractivity contribution in [2.45, 2.75) is 47.2 Å². The molecule has 0 spiro atoms. The van der Waals surface area contributed by atoms with Crippen molar-refractivity contribution in [3.05, 3.63) is 44.9 Å². The number of thiazole rings is 1. The summed E-state index contributed by atoms with van der Waals surface area (Å²) in [6, 6.07) is 5.97. The van der Waals surface area contributed by atoms with Gasteiger partial charge in [0.25, 0.3) is 0 Å². The summed E-state index contributed by atoms with van der Waals surface area (Å²) in [5.41, 5.74) is 2.84. The maximum absolute atomic E-state index is 12.0. The van der Waals surface area contributed by atoms with Gasteiger partial charge in [0, 0.05) is 6.54 Å². The third-order valence-corrected chi connectivity index (χ3v) is 5.55. The zero-order chi connectivity index (χ0) is 21.4. The Morgan fingerprint density at radius 1 is 1.31 bits per heavy atom. The largest absolute Gasteiger partial charge is 0.496 e. The summed E-state index contributed by atoms with van der Waals surface area (Å²) in [6.07, 6.45) is 0. The monoisotopic (exact) mass is 418 g/mol. The molecule has 0 amide bonds. The van der Waals surface area contributed by atoms with Gasteiger partial charge in [-0.2, -0.15) is 0 Å². The molecule has 0 aliphatic heterocycles. The molecule has 29 heavy (non-hydrogen) atoms. The van der Waals surface area contributed by atoms with Gasteiger partial charge >= 0.3 is 5.97 Å². The predicted octanol–water partition coefficient (Wildman–Crippen LogP) is 3.76. The van der Waals surface area contributed by atoms with Crippen LogP contribution in [0.4, 0.5) is 0 Å². The first kappa shape index (κ1) is 22.7. The number of aromatic nitrogens is 1. The van der Waals surface area contributed by atoms with Gasteiger partial charge < -0.3 is 20.1 Å². The number of esters is 1. The topological polar surface area (TPSA) is 84.8 Å². The fourth-order valence-corrected chi connectivity index (χ4v) is 3.67. The fraction of sp³-hybridized carbons (Fsp3) is 0.476. The number of nitrogens with one attached hydrogen (secondary N) is 2. The molecule has 0 bridgehead atoms. The average Bonchev–Trinajstić information content (AvgIpc) is 3.09. The number of benzene rings is 1. The maximum atomic E-state index is 12.0. The summed E-state index contributed by atoms with van der Waals surface area (Å²) < 4.78 is 10.5. The second kappa shape index (κ2) is 10.8. The van der Waals surface area contributed by atoms with Crippen molar-refractivity contribution in [2.24, 2.45) is 4.99 Å². The lowest BCUT2D eigenvalue weighted by molar-refractivity contribution is 0.0531. The van der Waals surface area contributed by atoms with Crippen LogP contribution in [0.25, 0.3) is 0 Å². The van der Waals surface area contributed by atoms with Gasteiger partial charge in [0.05, 0.1) is 32.0 Å². The third kappa shape index (κ3) is 6.19. The van der Waals surface area contributed by atoms with Crippen molar-refractivity contribution in [1.82, 2.24) is 15.6 Å². The van der Waals surface area contributed by atoms with Gasteiger partial charge in [-0.05, 0) is 51.8 Å². The van der Waals surface area contributed by atoms with Gasteiger partial charge in [-0.15, -0.1) is 11.3 Å². The van der Waals surface area contributed by atoms with Crippen LogP contribution in [0.1, 0.15) is 58.3 Å². The van der Waals surface area contributed by atoms with E-state index in [1.54, 1.807) is 14.0 Å². The number of hydrogen-bond acceptors (Lipinski definition) is 6. The van der Waals surface area contributed by atoms with Crippen molar-refractivity contribution in [3.8, 4) is 5.75 Å². The van der Waals surface area contributed by atoms with E-state index in [1.165, 1.54) is 11.3 Å². The first-order chi connectivity index (χ1) is 13.9. The predicted molar refractivity (Wildman–Crippen MR) is 117 cm³/mol. The van der Waals surface area contributed by atoms with Crippen LogP contribution in [-0.2, 0) is 11.3 Å². The second-order valence-electron chi connectivity index (χ2n) is 6.55. The van der Waals surface area contributed by atoms with E-state index in [1.807, 2.05) is 45.9 Å². The summed E-state index contributed by atoms with van der Waals surface area (Å²) in [7, 11) is 1.67. The molecule has 1 aromatic heterocycles. The lowest BCUT2D eigenvalue weighted by atomic mass is 10.1. The summed E-state index contributed by atoms with van der Waals surface area (Å²) in [4.78, 5) is 21.8. The Morgan fingerprint density at radius 2 is 2.07 bits per heavy atom. The summed E-state index contributed by atoms with van der Waals surface area (Å²) in [6.45, 7) is 11.2. The number of hydrogen-bond donors (Lipinski definition) is 2. The number of methoxy groups -OCH3 is 1. The van der Waals surface area contributed by atoms with Crippen LogP contribution in [0.5, 0.6) is 5.75 Å². The molecule has 0 aliphatic carbocycles. The van der Waals surface area contributed by atoms with E-state index >= 15 is 0 Å². The minimum absolute atomic E-state index is 0.104. The van der Waals surface area contributed by atoms with Gasteiger partial charge in [-0.25, -0.2) is 14.8 Å². The molecule has 0 saturated carbocycles. The van der Waals surface area contributed by atoms with Crippen molar-refractivity contribution < 1.29 is 14.3 Å². The molecule has 1 atom stereocenters.